The van der Waals surface area contributed by atoms with Crippen LogP contribution < -0.4 is 5.32 Å². The molecule has 2 N–H and O–H groups in total. The minimum absolute atomic E-state index is 0.0902. The van der Waals surface area contributed by atoms with E-state index in [0.29, 0.717) is 18.5 Å². The van der Waals surface area contributed by atoms with Crippen LogP contribution in [-0.2, 0) is 16.4 Å². The van der Waals surface area contributed by atoms with Crippen molar-refractivity contribution in [2.45, 2.75) is 11.3 Å². The molecule has 0 saturated heterocycles. The van der Waals surface area contributed by atoms with Gasteiger partial charge >= 0.3 is 0 Å². The van der Waals surface area contributed by atoms with E-state index in [-0.39, 0.29) is 10.8 Å². The molecule has 136 valence electrons. The molecule has 2 aromatic carbocycles. The van der Waals surface area contributed by atoms with Gasteiger partial charge in [-0.1, -0.05) is 18.2 Å². The monoisotopic (exact) mass is 372 g/mol. The average molecular weight is 372 g/mol. The number of nitrogens with one attached hydrogen (secondary N) is 2. The van der Waals surface area contributed by atoms with Gasteiger partial charge in [-0.05, 0) is 30.3 Å². The van der Waals surface area contributed by atoms with E-state index in [1.807, 2.05) is 24.3 Å². The van der Waals surface area contributed by atoms with Gasteiger partial charge in [-0.25, -0.2) is 17.7 Å². The number of aromatic nitrogens is 2. The lowest BCUT2D eigenvalue weighted by Gasteiger charge is -2.12. The molecule has 0 aliphatic rings. The van der Waals surface area contributed by atoms with E-state index in [9.17, 15) is 13.2 Å². The zero-order chi connectivity index (χ0) is 18.7. The highest BCUT2D eigenvalue weighted by atomic mass is 32.2. The number of hydrogen-bond acceptors (Lipinski definition) is 4. The third-order valence-electron chi connectivity index (χ3n) is 3.96. The molecule has 1 aromatic heterocycles. The summed E-state index contributed by atoms with van der Waals surface area (Å²) in [7, 11) is -0.665. The Bertz CT molecular complexity index is 1010. The van der Waals surface area contributed by atoms with Crippen molar-refractivity contribution in [3.8, 4) is 0 Å². The maximum absolute atomic E-state index is 12.3. The first-order chi connectivity index (χ1) is 12.4. The van der Waals surface area contributed by atoms with E-state index in [1.54, 1.807) is 12.1 Å². The number of imidazole rings is 1. The Morgan fingerprint density at radius 1 is 1.15 bits per heavy atom. The predicted molar refractivity (Wildman–Crippen MR) is 99.4 cm³/mol. The molecular weight excluding hydrogens is 352 g/mol. The summed E-state index contributed by atoms with van der Waals surface area (Å²) in [6, 6.07) is 13.7. The standard InChI is InChI=1S/C18H20N4O3S/c1-22(2)26(24,25)14-7-5-6-13(12-14)18(23)19-11-10-17-20-15-8-3-4-9-16(15)21-17/h3-9,12H,10-11H2,1-2H3,(H,19,23)(H,20,21). The second kappa shape index (κ2) is 7.27. The fourth-order valence-electron chi connectivity index (χ4n) is 2.53. The van der Waals surface area contributed by atoms with Gasteiger partial charge in [0.15, 0.2) is 0 Å². The van der Waals surface area contributed by atoms with Crippen molar-refractivity contribution in [2.24, 2.45) is 0 Å². The SMILES string of the molecule is CN(C)S(=O)(=O)c1cccc(C(=O)NCCc2nc3ccccc3[nH]2)c1. The van der Waals surface area contributed by atoms with Crippen LogP contribution in [0.1, 0.15) is 16.2 Å². The van der Waals surface area contributed by atoms with Gasteiger partial charge in [0.2, 0.25) is 10.0 Å². The summed E-state index contributed by atoms with van der Waals surface area (Å²) in [5, 5.41) is 2.79. The van der Waals surface area contributed by atoms with Crippen LogP contribution in [-0.4, -0.2) is 49.2 Å². The van der Waals surface area contributed by atoms with E-state index in [2.05, 4.69) is 15.3 Å². The van der Waals surface area contributed by atoms with E-state index in [1.165, 1.54) is 26.2 Å². The van der Waals surface area contributed by atoms with Crippen LogP contribution in [0.15, 0.2) is 53.4 Å². The van der Waals surface area contributed by atoms with Crippen molar-refractivity contribution < 1.29 is 13.2 Å². The maximum atomic E-state index is 12.3. The molecule has 0 aliphatic carbocycles. The lowest BCUT2D eigenvalue weighted by Crippen LogP contribution is -2.27. The van der Waals surface area contributed by atoms with Crippen LogP contribution in [0.3, 0.4) is 0 Å². The third kappa shape index (κ3) is 3.76. The van der Waals surface area contributed by atoms with E-state index < -0.39 is 10.0 Å². The van der Waals surface area contributed by atoms with Gasteiger partial charge in [0.05, 0.1) is 15.9 Å². The minimum atomic E-state index is -3.57. The van der Waals surface area contributed by atoms with Crippen molar-refractivity contribution in [1.29, 1.82) is 0 Å². The molecule has 3 aromatic rings. The molecule has 3 rings (SSSR count). The van der Waals surface area contributed by atoms with Crippen molar-refractivity contribution >= 4 is 27.0 Å². The fourth-order valence-corrected chi connectivity index (χ4v) is 3.48. The number of para-hydroxylation sites is 2. The summed E-state index contributed by atoms with van der Waals surface area (Å²) in [6.45, 7) is 0.392. The predicted octanol–water partition coefficient (Wildman–Crippen LogP) is 1.79. The van der Waals surface area contributed by atoms with Crippen LogP contribution in [0.25, 0.3) is 11.0 Å². The number of benzene rings is 2. The highest BCUT2D eigenvalue weighted by molar-refractivity contribution is 7.89. The summed E-state index contributed by atoms with van der Waals surface area (Å²) < 4.78 is 25.5. The van der Waals surface area contributed by atoms with Gasteiger partial charge in [0.25, 0.3) is 5.91 Å². The first kappa shape index (κ1) is 18.1. The smallest absolute Gasteiger partial charge is 0.251 e. The summed E-state index contributed by atoms with van der Waals surface area (Å²) in [5.74, 6) is 0.465. The molecule has 0 spiro atoms. The third-order valence-corrected chi connectivity index (χ3v) is 5.77. The summed E-state index contributed by atoms with van der Waals surface area (Å²) in [4.78, 5) is 20.1. The van der Waals surface area contributed by atoms with Crippen LogP contribution in [0.4, 0.5) is 0 Å². The van der Waals surface area contributed by atoms with Crippen molar-refractivity contribution in [3.63, 3.8) is 0 Å². The number of H-pyrrole nitrogens is 1. The topological polar surface area (TPSA) is 95.2 Å². The zero-order valence-electron chi connectivity index (χ0n) is 14.6. The van der Waals surface area contributed by atoms with Crippen LogP contribution >= 0.6 is 0 Å². The number of fused-ring (bicyclic) bond motifs is 1. The number of rotatable bonds is 6. The first-order valence-corrected chi connectivity index (χ1v) is 9.56. The van der Waals surface area contributed by atoms with Crippen LogP contribution in [0, 0.1) is 0 Å². The Morgan fingerprint density at radius 2 is 1.92 bits per heavy atom. The molecule has 0 fully saturated rings. The Hall–Kier alpha value is -2.71. The second-order valence-corrected chi connectivity index (χ2v) is 8.17. The highest BCUT2D eigenvalue weighted by Crippen LogP contribution is 2.15. The second-order valence-electron chi connectivity index (χ2n) is 6.02. The number of amides is 1. The van der Waals surface area contributed by atoms with Crippen molar-refractivity contribution in [1.82, 2.24) is 19.6 Å². The van der Waals surface area contributed by atoms with Gasteiger partial charge in [0, 0.05) is 32.6 Å². The highest BCUT2D eigenvalue weighted by Gasteiger charge is 2.18. The van der Waals surface area contributed by atoms with Crippen LogP contribution in [0.5, 0.6) is 0 Å². The average Bonchev–Trinajstić information content (AvgIpc) is 3.04. The summed E-state index contributed by atoms with van der Waals surface area (Å²) in [6.07, 6.45) is 0.552. The van der Waals surface area contributed by atoms with Gasteiger partial charge < -0.3 is 10.3 Å². The largest absolute Gasteiger partial charge is 0.352 e. The molecule has 1 amide bonds. The van der Waals surface area contributed by atoms with Gasteiger partial charge in [-0.2, -0.15) is 0 Å². The van der Waals surface area contributed by atoms with E-state index >= 15 is 0 Å². The van der Waals surface area contributed by atoms with Gasteiger partial charge in [-0.15, -0.1) is 0 Å². The Kier molecular flexibility index (Phi) is 5.06. The normalized spacial score (nSPS) is 11.8. The van der Waals surface area contributed by atoms with Crippen LogP contribution in [0.2, 0.25) is 0 Å². The number of carbonyl (C=O) groups is 1. The Labute approximate surface area is 152 Å². The number of aromatic amines is 1. The lowest BCUT2D eigenvalue weighted by atomic mass is 10.2. The quantitative estimate of drug-likeness (QED) is 0.690. The van der Waals surface area contributed by atoms with E-state index in [0.717, 1.165) is 21.2 Å². The number of sulfonamides is 1. The molecular formula is C18H20N4O3S. The fraction of sp³-hybridized carbons (Fsp3) is 0.222. The molecule has 0 saturated carbocycles. The summed E-state index contributed by atoms with van der Waals surface area (Å²) >= 11 is 0. The van der Waals surface area contributed by atoms with Crippen molar-refractivity contribution in [2.75, 3.05) is 20.6 Å². The van der Waals surface area contributed by atoms with Crippen molar-refractivity contribution in [3.05, 3.63) is 59.9 Å². The number of hydrogen-bond donors (Lipinski definition) is 2. The Balaban J connectivity index is 1.65. The van der Waals surface area contributed by atoms with E-state index in [4.69, 9.17) is 0 Å². The minimum Gasteiger partial charge on any atom is -0.352 e. The first-order valence-electron chi connectivity index (χ1n) is 8.12. The number of carbonyl (C=O) groups excluding carboxylic acids is 1. The number of nitrogens with zero attached hydrogens (tertiary/aromatic N) is 2. The molecule has 26 heavy (non-hydrogen) atoms. The molecule has 8 heteroatoms. The van der Waals surface area contributed by atoms with Gasteiger partial charge in [0.1, 0.15) is 5.82 Å². The molecule has 7 nitrogen and oxygen atoms in total. The Morgan fingerprint density at radius 3 is 2.65 bits per heavy atom. The van der Waals surface area contributed by atoms with Gasteiger partial charge in [-0.3, -0.25) is 4.79 Å². The lowest BCUT2D eigenvalue weighted by molar-refractivity contribution is 0.0954. The zero-order valence-corrected chi connectivity index (χ0v) is 15.4. The molecule has 1 heterocycles. The molecule has 0 aliphatic heterocycles. The molecule has 0 bridgehead atoms. The molecule has 0 radical (unpaired) electrons. The molecule has 0 atom stereocenters. The molecule has 0 unspecified atom stereocenters. The maximum Gasteiger partial charge on any atom is 0.251 e. The summed E-state index contributed by atoms with van der Waals surface area (Å²) in [5.41, 5.74) is 2.14.